The van der Waals surface area contributed by atoms with Gasteiger partial charge in [-0.3, -0.25) is 15.0 Å². The van der Waals surface area contributed by atoms with Crippen molar-refractivity contribution in [1.29, 1.82) is 0 Å². The summed E-state index contributed by atoms with van der Waals surface area (Å²) >= 11 is 35.0. The van der Waals surface area contributed by atoms with Gasteiger partial charge in [-0.2, -0.15) is 34.9 Å². The van der Waals surface area contributed by atoms with Crippen molar-refractivity contribution in [2.45, 2.75) is 184 Å². The number of anilines is 5. The fraction of sp³-hybridized carbons (Fsp3) is 0.446. The van der Waals surface area contributed by atoms with Crippen molar-refractivity contribution in [3.8, 4) is 0 Å². The second-order valence-electron chi connectivity index (χ2n) is 37.8. The average molecular weight is 2060 g/mol. The van der Waals surface area contributed by atoms with Crippen LogP contribution < -0.4 is 52.2 Å². The van der Waals surface area contributed by atoms with E-state index in [2.05, 4.69) is 75.3 Å². The standard InChI is InChI=1S/C17H24FNO2.C16H23FN2O2.C14H13Cl3N4O.C14H14Cl2N4O2.C14H15ClN4O2.C14H16N4O2.C12H16FN/c1-17(2,3)21-16(20)19-10-8-14(9-11-19)12-13-4-6-15(18)7-5-13;1-16(2,3)21-15(20)18-13-5-4-10-19(11-13)14-8-6-12(17)7-9-14;15-10-3-1-9(2-4-10)14(22)5-7-21(8-6-14)13-19-11(16)18-12(17)20-13;15-10-3-1-9(2-4-10)14(22)5-7-20(8-6-14)12-17-11(16)18-13(21)19-12;15-11-3-1-10(2-4-11)14(21)5-7-19(8-6-14)12-16-9-17-13(20)18-12;19-13-16-10-15-12(17-13)18-8-6-14(20,7-9-18)11-4-2-1-3-5-11;13-12-3-1-10(2-4-12)9-11-5-7-14-8-6-11/h4-7,14H,8-12H2,1-3H3;6-9,13H,4-5,10-11H2,1-3H3,(H,18,20);1-4,22H,5-8H2;1-4,22H,5-8H2,(H,17,18,19,21);1-4,9,21H,5-8H2,(H,16,17,18,20);1-5,10,20H,6-9H2,(H,15,16,17,19);1-4,11,14H,5-9H2/t;13-;;;;;/m.1...../s1. The number of nitrogens with one attached hydrogen (secondary N) is 5. The number of piperidine rings is 7. The highest BCUT2D eigenvalue weighted by Gasteiger charge is 2.40. The number of halogens is 9. The predicted molar refractivity (Wildman–Crippen MR) is 542 cm³/mol. The Morgan fingerprint density at radius 3 is 1.18 bits per heavy atom. The van der Waals surface area contributed by atoms with Crippen molar-refractivity contribution in [2.24, 2.45) is 11.8 Å². The van der Waals surface area contributed by atoms with Gasteiger partial charge in [-0.25, -0.2) is 47.1 Å². The van der Waals surface area contributed by atoms with E-state index in [4.69, 9.17) is 79.1 Å². The fourth-order valence-corrected chi connectivity index (χ4v) is 18.4. The Bertz CT molecular complexity index is 5950. The van der Waals surface area contributed by atoms with E-state index in [1.54, 1.807) is 65.6 Å². The fourth-order valence-electron chi connectivity index (χ4n) is 17.5. The number of benzene rings is 7. The Morgan fingerprint density at radius 1 is 0.411 bits per heavy atom. The predicted octanol–water partition coefficient (Wildman–Crippen LogP) is 16.9. The van der Waals surface area contributed by atoms with Gasteiger partial charge in [-0.1, -0.05) is 126 Å². The molecule has 0 bridgehead atoms. The number of hydrogen-bond acceptors (Lipinski definition) is 26. The van der Waals surface area contributed by atoms with E-state index < -0.39 is 50.7 Å². The van der Waals surface area contributed by atoms with Crippen LogP contribution in [0.1, 0.15) is 165 Å². The van der Waals surface area contributed by atoms with Crippen LogP contribution in [0, 0.1) is 29.3 Å². The molecule has 0 saturated carbocycles. The number of rotatable bonds is 14. The molecule has 7 aromatic carbocycles. The highest BCUT2D eigenvalue weighted by Crippen LogP contribution is 2.40. The maximum atomic E-state index is 13.0. The summed E-state index contributed by atoms with van der Waals surface area (Å²) < 4.78 is 49.2. The number of carbonyl (C=O) groups excluding carboxylic acids is 2. The van der Waals surface area contributed by atoms with Gasteiger partial charge in [-0.05, 0) is 322 Å². The summed E-state index contributed by atoms with van der Waals surface area (Å²) in [5.41, 5.74) is 1.16. The van der Waals surface area contributed by atoms with Crippen molar-refractivity contribution in [3.05, 3.63) is 302 Å². The van der Waals surface area contributed by atoms with Crippen molar-refractivity contribution < 1.29 is 52.7 Å². The van der Waals surface area contributed by atoms with E-state index in [1.807, 2.05) is 152 Å². The van der Waals surface area contributed by atoms with Crippen molar-refractivity contribution in [1.82, 2.24) is 75.3 Å². The second kappa shape index (κ2) is 50.7. The zero-order valence-corrected chi connectivity index (χ0v) is 84.1. The Kier molecular flexibility index (Phi) is 39.1. The van der Waals surface area contributed by atoms with Crippen molar-refractivity contribution in [3.63, 3.8) is 0 Å². The monoisotopic (exact) mass is 2060 g/mol. The zero-order chi connectivity index (χ0) is 101. The van der Waals surface area contributed by atoms with Gasteiger partial charge in [0.1, 0.15) is 41.3 Å². The molecule has 0 aliphatic carbocycles. The number of aromatic amines is 3. The van der Waals surface area contributed by atoms with Gasteiger partial charge < -0.3 is 69.9 Å². The highest BCUT2D eigenvalue weighted by atomic mass is 35.5. The smallest absolute Gasteiger partial charge is 0.410 e. The Balaban J connectivity index is 0.000000148. The largest absolute Gasteiger partial charge is 0.444 e. The summed E-state index contributed by atoms with van der Waals surface area (Å²) in [6.07, 6.45) is 14.7. The van der Waals surface area contributed by atoms with E-state index >= 15 is 0 Å². The summed E-state index contributed by atoms with van der Waals surface area (Å²) in [5.74, 6) is 2.48. The molecule has 11 aromatic rings. The number of likely N-dealkylation sites (tertiary alicyclic amines) is 1. The van der Waals surface area contributed by atoms with E-state index in [0.29, 0.717) is 149 Å². The number of carbonyl (C=O) groups is 2. The molecule has 754 valence electrons. The number of aromatic nitrogens is 12. The van der Waals surface area contributed by atoms with Crippen LogP contribution in [0.5, 0.6) is 0 Å². The molecule has 0 radical (unpaired) electrons. The number of nitrogens with zero attached hydrogens (tertiary/aromatic N) is 15. The Labute approximate surface area is 847 Å². The molecule has 7 aliphatic heterocycles. The molecule has 1 atom stereocenters. The first-order valence-electron chi connectivity index (χ1n) is 47.1. The lowest BCUT2D eigenvalue weighted by molar-refractivity contribution is 0.0111. The van der Waals surface area contributed by atoms with Gasteiger partial charge in [-0.15, -0.1) is 0 Å². The maximum Gasteiger partial charge on any atom is 0.410 e. The van der Waals surface area contributed by atoms with E-state index in [1.165, 1.54) is 55.3 Å². The van der Waals surface area contributed by atoms with Crippen molar-refractivity contribution >= 4 is 111 Å². The minimum atomic E-state index is -0.911. The third-order valence-electron chi connectivity index (χ3n) is 25.2. The van der Waals surface area contributed by atoms with Gasteiger partial charge >= 0.3 is 29.3 Å². The number of ether oxygens (including phenoxy) is 2. The lowest BCUT2D eigenvalue weighted by Crippen LogP contribution is -2.49. The third-order valence-corrected chi connectivity index (χ3v) is 26.5. The van der Waals surface area contributed by atoms with Crippen LogP contribution in [-0.4, -0.2) is 206 Å². The molecule has 9 N–H and O–H groups in total. The lowest BCUT2D eigenvalue weighted by atomic mass is 9.84. The average Bonchev–Trinajstić information content (AvgIpc) is 0.817. The lowest BCUT2D eigenvalue weighted by Gasteiger charge is -2.38. The van der Waals surface area contributed by atoms with Crippen molar-refractivity contribution in [2.75, 3.05) is 116 Å². The van der Waals surface area contributed by atoms with E-state index in [0.717, 1.165) is 111 Å². The molecule has 4 aromatic heterocycles. The molecule has 7 saturated heterocycles. The quantitative estimate of drug-likeness (QED) is 0.0488. The molecule has 31 nitrogen and oxygen atoms in total. The molecule has 18 rings (SSSR count). The molecule has 40 heteroatoms. The number of aliphatic hydroxyl groups is 4. The molecule has 11 heterocycles. The minimum Gasteiger partial charge on any atom is -0.444 e. The maximum absolute atomic E-state index is 13.0. The van der Waals surface area contributed by atoms with Crippen LogP contribution >= 0.6 is 69.6 Å². The van der Waals surface area contributed by atoms with Gasteiger partial charge in [0.25, 0.3) is 0 Å². The first kappa shape index (κ1) is 109. The number of H-pyrrole nitrogens is 3. The summed E-state index contributed by atoms with van der Waals surface area (Å²) in [5, 5.41) is 51.5. The highest BCUT2D eigenvalue weighted by molar-refractivity contribution is 6.32. The van der Waals surface area contributed by atoms with E-state index in [-0.39, 0.29) is 57.5 Å². The summed E-state index contributed by atoms with van der Waals surface area (Å²) in [4.78, 5) is 112. The number of alkyl carbamates (subject to hydrolysis) is 1. The summed E-state index contributed by atoms with van der Waals surface area (Å²) in [6.45, 7) is 21.3. The van der Waals surface area contributed by atoms with Gasteiger partial charge in [0.2, 0.25) is 39.6 Å². The van der Waals surface area contributed by atoms with Crippen LogP contribution in [0.2, 0.25) is 30.9 Å². The Morgan fingerprint density at radius 2 is 0.787 bits per heavy atom. The molecule has 141 heavy (non-hydrogen) atoms. The van der Waals surface area contributed by atoms with Crippen LogP contribution in [0.25, 0.3) is 0 Å². The van der Waals surface area contributed by atoms with Crippen LogP contribution in [-0.2, 0) is 44.7 Å². The molecule has 7 fully saturated rings. The summed E-state index contributed by atoms with van der Waals surface area (Å²) in [7, 11) is 0. The minimum absolute atomic E-state index is 0.00790. The number of hydrogen-bond donors (Lipinski definition) is 9. The number of amides is 2. The van der Waals surface area contributed by atoms with Crippen LogP contribution in [0.3, 0.4) is 0 Å². The molecule has 2 amide bonds. The molecular weight excluding hydrogens is 1940 g/mol. The first-order valence-corrected chi connectivity index (χ1v) is 49.4. The Hall–Kier alpha value is -11.2. The topological polar surface area (TPSA) is 392 Å². The molecule has 0 spiro atoms. The second-order valence-corrected chi connectivity index (χ2v) is 40.2. The molecule has 7 aliphatic rings. The SMILES string of the molecule is CC(C)(C)OC(=O)N1CCC(Cc2ccc(F)cc2)CC1.CC(C)(C)OC(=O)N[C@@H]1CCCN(c2ccc(F)cc2)C1.Fc1ccc(CC2CCNCC2)cc1.O=c1nc(N2CCC(O)(c3ccc(Cl)cc3)CC2)nc(Cl)[nH]1.O=c1ncnc(N2CCC(O)(c3ccc(Cl)cc3)CC2)[nH]1.O=c1ncnc(N2CCC(O)(c3ccccc3)CC2)[nH]1.OC1(c2ccc(Cl)cc2)CCN(c2nc(Cl)nc(Cl)n2)CC1. The van der Waals surface area contributed by atoms with E-state index in [9.17, 15) is 57.6 Å². The van der Waals surface area contributed by atoms with Crippen LogP contribution in [0.15, 0.2) is 203 Å². The zero-order valence-electron chi connectivity index (χ0n) is 79.6. The molecular formula is C101H121Cl6F3N20O11. The van der Waals surface area contributed by atoms with Crippen LogP contribution in [0.4, 0.5) is 52.2 Å². The van der Waals surface area contributed by atoms with Gasteiger partial charge in [0.15, 0.2) is 0 Å². The first-order chi connectivity index (χ1) is 67.2. The van der Waals surface area contributed by atoms with Gasteiger partial charge in [0.05, 0.1) is 22.4 Å². The normalized spacial score (nSPS) is 17.9. The summed E-state index contributed by atoms with van der Waals surface area (Å²) in [6, 6.07) is 51.5. The molecule has 0 unspecified atom stereocenters. The third kappa shape index (κ3) is 34.0. The van der Waals surface area contributed by atoms with Gasteiger partial charge in [0, 0.05) is 105 Å².